The summed E-state index contributed by atoms with van der Waals surface area (Å²) in [6, 6.07) is 4.32. The summed E-state index contributed by atoms with van der Waals surface area (Å²) in [4.78, 5) is 25.1. The van der Waals surface area contributed by atoms with Crippen LogP contribution in [0.5, 0.6) is 11.5 Å². The predicted octanol–water partition coefficient (Wildman–Crippen LogP) is 1.06. The first-order valence-electron chi connectivity index (χ1n) is 12.1. The van der Waals surface area contributed by atoms with Crippen LogP contribution < -0.4 is 0 Å². The van der Waals surface area contributed by atoms with Crippen molar-refractivity contribution in [2.24, 2.45) is 11.8 Å². The van der Waals surface area contributed by atoms with Gasteiger partial charge in [0.05, 0.1) is 50.3 Å². The lowest BCUT2D eigenvalue weighted by Crippen LogP contribution is -2.46. The van der Waals surface area contributed by atoms with Crippen molar-refractivity contribution < 1.29 is 54.1 Å². The van der Waals surface area contributed by atoms with Gasteiger partial charge in [0.2, 0.25) is 6.29 Å². The first-order valence-corrected chi connectivity index (χ1v) is 12.1. The third-order valence-corrected chi connectivity index (χ3v) is 6.69. The minimum Gasteiger partial charge on any atom is -0.504 e. The molecule has 11 heteroatoms. The topological polar surface area (TPSA) is 172 Å². The third-order valence-electron chi connectivity index (χ3n) is 6.69. The van der Waals surface area contributed by atoms with Gasteiger partial charge in [-0.05, 0) is 31.0 Å². The highest BCUT2D eigenvalue weighted by molar-refractivity contribution is 5.90. The number of benzene rings is 1. The molecule has 37 heavy (non-hydrogen) atoms. The first-order chi connectivity index (χ1) is 17.7. The van der Waals surface area contributed by atoms with E-state index in [1.54, 1.807) is 19.1 Å². The second-order valence-corrected chi connectivity index (χ2v) is 9.10. The van der Waals surface area contributed by atoms with Crippen LogP contribution in [0.2, 0.25) is 0 Å². The number of allylic oxidation sites excluding steroid dienone is 1. The van der Waals surface area contributed by atoms with Gasteiger partial charge in [-0.25, -0.2) is 4.79 Å². The maximum Gasteiger partial charge on any atom is 0.337 e. The smallest absolute Gasteiger partial charge is 0.337 e. The molecule has 0 aromatic heterocycles. The molecule has 11 nitrogen and oxygen atoms in total. The standard InChI is InChI=1S/C26H34O11/c1-3-17-18(11-23(31)35-7-6-14-4-5-20(28)21(29)8-14)19(25(33)34-2)13-36-26(17)37-16-9-15(12-27)24(32)22(30)10-16/h3-5,8,13,15-16,18,22,24,26-30,32H,6-7,9-12H2,1-2H3/b17-3+/t15-,16-,18+,22-,24-,26+/m1/s1. The third kappa shape index (κ3) is 7.01. The summed E-state index contributed by atoms with van der Waals surface area (Å²) in [6.07, 6.45) is -0.254. The maximum absolute atomic E-state index is 12.7. The second kappa shape index (κ2) is 12.9. The quantitative estimate of drug-likeness (QED) is 0.178. The van der Waals surface area contributed by atoms with Crippen LogP contribution in [0.15, 0.2) is 41.7 Å². The van der Waals surface area contributed by atoms with Gasteiger partial charge >= 0.3 is 11.9 Å². The number of aliphatic hydroxyl groups is 3. The van der Waals surface area contributed by atoms with Gasteiger partial charge in [0.15, 0.2) is 11.5 Å². The van der Waals surface area contributed by atoms with Gasteiger partial charge in [0.1, 0.15) is 0 Å². The Kier molecular flexibility index (Phi) is 9.93. The summed E-state index contributed by atoms with van der Waals surface area (Å²) >= 11 is 0. The molecule has 1 aromatic rings. The number of carbonyl (C=O) groups is 2. The van der Waals surface area contributed by atoms with Gasteiger partial charge in [-0.3, -0.25) is 4.79 Å². The minimum atomic E-state index is -1.07. The van der Waals surface area contributed by atoms with Crippen LogP contribution in [0, 0.1) is 11.8 Å². The van der Waals surface area contributed by atoms with Gasteiger partial charge in [-0.1, -0.05) is 12.1 Å². The lowest BCUT2D eigenvalue weighted by atomic mass is 9.82. The molecule has 1 fully saturated rings. The fraction of sp³-hybridized carbons (Fsp3) is 0.538. The van der Waals surface area contributed by atoms with E-state index in [9.17, 15) is 35.1 Å². The molecule has 1 aliphatic carbocycles. The number of phenolic OH excluding ortho intramolecular Hbond substituents is 2. The number of aromatic hydroxyl groups is 2. The van der Waals surface area contributed by atoms with E-state index in [1.165, 1.54) is 25.5 Å². The predicted molar refractivity (Wildman–Crippen MR) is 128 cm³/mol. The summed E-state index contributed by atoms with van der Waals surface area (Å²) in [6.45, 7) is 1.41. The van der Waals surface area contributed by atoms with Crippen molar-refractivity contribution >= 4 is 11.9 Å². The van der Waals surface area contributed by atoms with Crippen molar-refractivity contribution in [3.05, 3.63) is 47.2 Å². The van der Waals surface area contributed by atoms with Crippen LogP contribution in [-0.4, -0.2) is 82.4 Å². The highest BCUT2D eigenvalue weighted by atomic mass is 16.7. The molecular weight excluding hydrogens is 488 g/mol. The summed E-state index contributed by atoms with van der Waals surface area (Å²) in [5.41, 5.74) is 1.26. The Hall–Kier alpha value is -3.12. The van der Waals surface area contributed by atoms with E-state index in [0.29, 0.717) is 24.0 Å². The molecule has 1 heterocycles. The SMILES string of the molecule is C/C=C1/[C@H](O[C@@H]2C[C@H](CO)[C@@H](O)[C@H](O)C2)OC=C(C(=O)OC)[C@H]1CC(=O)OCCc1ccc(O)c(O)c1. The Morgan fingerprint density at radius 1 is 1.16 bits per heavy atom. The van der Waals surface area contributed by atoms with Crippen molar-refractivity contribution in [3.63, 3.8) is 0 Å². The van der Waals surface area contributed by atoms with Crippen LogP contribution in [0.3, 0.4) is 0 Å². The van der Waals surface area contributed by atoms with Gasteiger partial charge < -0.3 is 44.5 Å². The zero-order valence-electron chi connectivity index (χ0n) is 20.8. The highest BCUT2D eigenvalue weighted by Gasteiger charge is 2.41. The maximum atomic E-state index is 12.7. The number of aliphatic hydroxyl groups excluding tert-OH is 3. The van der Waals surface area contributed by atoms with E-state index < -0.39 is 48.4 Å². The summed E-state index contributed by atoms with van der Waals surface area (Å²) in [7, 11) is 1.22. The van der Waals surface area contributed by atoms with Crippen LogP contribution in [-0.2, 0) is 35.0 Å². The summed E-state index contributed by atoms with van der Waals surface area (Å²) in [5, 5.41) is 48.8. The van der Waals surface area contributed by atoms with Crippen molar-refractivity contribution in [1.29, 1.82) is 0 Å². The van der Waals surface area contributed by atoms with Gasteiger partial charge in [0.25, 0.3) is 0 Å². The molecule has 1 saturated carbocycles. The van der Waals surface area contributed by atoms with Crippen LogP contribution in [0.25, 0.3) is 0 Å². The number of rotatable bonds is 9. The molecule has 0 radical (unpaired) electrons. The summed E-state index contributed by atoms with van der Waals surface area (Å²) < 4.78 is 21.9. The molecule has 204 valence electrons. The first kappa shape index (κ1) is 28.5. The number of esters is 2. The van der Waals surface area contributed by atoms with Crippen molar-refractivity contribution in [2.45, 2.75) is 57.2 Å². The average molecular weight is 523 g/mol. The number of hydrogen-bond donors (Lipinski definition) is 5. The highest BCUT2D eigenvalue weighted by Crippen LogP contribution is 2.37. The molecule has 2 aliphatic rings. The lowest BCUT2D eigenvalue weighted by Gasteiger charge is -2.39. The number of methoxy groups -OCH3 is 1. The van der Waals surface area contributed by atoms with E-state index in [0.717, 1.165) is 0 Å². The fourth-order valence-corrected chi connectivity index (χ4v) is 4.62. The number of ether oxygens (including phenoxy) is 4. The van der Waals surface area contributed by atoms with E-state index >= 15 is 0 Å². The van der Waals surface area contributed by atoms with E-state index in [4.69, 9.17) is 18.9 Å². The zero-order valence-corrected chi connectivity index (χ0v) is 20.8. The molecule has 6 atom stereocenters. The van der Waals surface area contributed by atoms with Crippen LogP contribution in [0.4, 0.5) is 0 Å². The van der Waals surface area contributed by atoms with Crippen molar-refractivity contribution in [1.82, 2.24) is 0 Å². The Bertz CT molecular complexity index is 1020. The van der Waals surface area contributed by atoms with Crippen LogP contribution >= 0.6 is 0 Å². The number of carbonyl (C=O) groups excluding carboxylic acids is 2. The molecular formula is C26H34O11. The Morgan fingerprint density at radius 3 is 2.57 bits per heavy atom. The molecule has 0 unspecified atom stereocenters. The second-order valence-electron chi connectivity index (χ2n) is 9.10. The van der Waals surface area contributed by atoms with E-state index in [2.05, 4.69) is 0 Å². The van der Waals surface area contributed by atoms with Crippen molar-refractivity contribution in [3.8, 4) is 11.5 Å². The molecule has 1 aromatic carbocycles. The molecule has 3 rings (SSSR count). The Morgan fingerprint density at radius 2 is 1.92 bits per heavy atom. The minimum absolute atomic E-state index is 0.0134. The van der Waals surface area contributed by atoms with Gasteiger partial charge in [-0.15, -0.1) is 0 Å². The average Bonchev–Trinajstić information content (AvgIpc) is 2.88. The summed E-state index contributed by atoms with van der Waals surface area (Å²) in [5.74, 6) is -3.09. The number of phenols is 2. The fourth-order valence-electron chi connectivity index (χ4n) is 4.62. The van der Waals surface area contributed by atoms with Gasteiger partial charge in [0, 0.05) is 36.9 Å². The largest absolute Gasteiger partial charge is 0.504 e. The molecule has 1 aliphatic heterocycles. The monoisotopic (exact) mass is 522 g/mol. The molecule has 0 amide bonds. The van der Waals surface area contributed by atoms with Crippen molar-refractivity contribution in [2.75, 3.05) is 20.3 Å². The molecule has 0 saturated heterocycles. The van der Waals surface area contributed by atoms with Gasteiger partial charge in [-0.2, -0.15) is 0 Å². The Labute approximate surface area is 214 Å². The molecule has 0 spiro atoms. The molecule has 5 N–H and O–H groups in total. The van der Waals surface area contributed by atoms with Crippen LogP contribution in [0.1, 0.15) is 31.7 Å². The Balaban J connectivity index is 1.68. The number of hydrogen-bond acceptors (Lipinski definition) is 11. The normalized spacial score (nSPS) is 28.8. The zero-order chi connectivity index (χ0) is 27.1. The van der Waals surface area contributed by atoms with E-state index in [1.807, 2.05) is 0 Å². The van der Waals surface area contributed by atoms with E-state index in [-0.39, 0.29) is 43.1 Å². The lowest BCUT2D eigenvalue weighted by molar-refractivity contribution is -0.174. The molecule has 0 bridgehead atoms.